The third-order valence-corrected chi connectivity index (χ3v) is 3.70. The third kappa shape index (κ3) is 4.16. The number of hydrogen-bond donors (Lipinski definition) is 1. The molecule has 4 nitrogen and oxygen atoms in total. The number of hydrazone groups is 1. The van der Waals surface area contributed by atoms with E-state index < -0.39 is 5.82 Å². The van der Waals surface area contributed by atoms with Crippen molar-refractivity contribution >= 4 is 11.6 Å². The predicted molar refractivity (Wildman–Crippen MR) is 85.9 cm³/mol. The van der Waals surface area contributed by atoms with Crippen molar-refractivity contribution in [2.24, 2.45) is 5.10 Å². The number of carbonyl (C=O) groups excluding carboxylic acids is 1. The van der Waals surface area contributed by atoms with E-state index in [2.05, 4.69) is 22.7 Å². The van der Waals surface area contributed by atoms with E-state index >= 15 is 0 Å². The van der Waals surface area contributed by atoms with Crippen LogP contribution in [-0.2, 0) is 17.6 Å². The molecule has 0 fully saturated rings. The summed E-state index contributed by atoms with van der Waals surface area (Å²) in [6.07, 6.45) is 2.52. The summed E-state index contributed by atoms with van der Waals surface area (Å²) in [7, 11) is 0. The van der Waals surface area contributed by atoms with Gasteiger partial charge in [-0.2, -0.15) is 5.10 Å². The molecule has 0 aromatic heterocycles. The smallest absolute Gasteiger partial charge is 0.277 e. The van der Waals surface area contributed by atoms with Crippen LogP contribution in [0.4, 0.5) is 4.39 Å². The lowest BCUT2D eigenvalue weighted by molar-refractivity contribution is -0.123. The second-order valence-corrected chi connectivity index (χ2v) is 5.40. The maximum Gasteiger partial charge on any atom is 0.277 e. The zero-order valence-electron chi connectivity index (χ0n) is 12.6. The largest absolute Gasteiger partial charge is 0.484 e. The lowest BCUT2D eigenvalue weighted by atomic mass is 9.90. The number of carbonyl (C=O) groups is 1. The number of hydrogen-bond acceptors (Lipinski definition) is 3. The summed E-state index contributed by atoms with van der Waals surface area (Å²) < 4.78 is 18.2. The molecule has 3 rings (SSSR count). The maximum atomic E-state index is 13.0. The maximum absolute atomic E-state index is 13.0. The minimum atomic E-state index is -0.399. The standard InChI is InChI=1S/C18H17FN2O2/c19-15-6-3-7-17(11-15)23-12-18(22)21-20-16-9-8-13-4-1-2-5-14(13)10-16/h1-7,11H,8-10,12H2,(H,21,22)/b20-16-. The van der Waals surface area contributed by atoms with Crippen molar-refractivity contribution in [1.29, 1.82) is 0 Å². The molecule has 0 radical (unpaired) electrons. The summed E-state index contributed by atoms with van der Waals surface area (Å²) in [4.78, 5) is 11.8. The van der Waals surface area contributed by atoms with Gasteiger partial charge >= 0.3 is 0 Å². The van der Waals surface area contributed by atoms with Gasteiger partial charge in [-0.1, -0.05) is 30.3 Å². The minimum Gasteiger partial charge on any atom is -0.484 e. The first-order valence-electron chi connectivity index (χ1n) is 7.50. The molecule has 1 amide bonds. The first kappa shape index (κ1) is 15.2. The van der Waals surface area contributed by atoms with Crippen LogP contribution in [0.1, 0.15) is 17.5 Å². The van der Waals surface area contributed by atoms with Gasteiger partial charge in [0.2, 0.25) is 0 Å². The van der Waals surface area contributed by atoms with Gasteiger partial charge in [0, 0.05) is 18.2 Å². The lowest BCUT2D eigenvalue weighted by Crippen LogP contribution is -2.27. The number of ether oxygens (including phenoxy) is 1. The normalized spacial score (nSPS) is 15.1. The highest BCUT2D eigenvalue weighted by molar-refractivity contribution is 5.90. The molecule has 0 spiro atoms. The predicted octanol–water partition coefficient (Wildman–Crippen LogP) is 2.87. The number of halogens is 1. The fourth-order valence-corrected chi connectivity index (χ4v) is 2.54. The topological polar surface area (TPSA) is 50.7 Å². The van der Waals surface area contributed by atoms with Gasteiger partial charge in [0.05, 0.1) is 0 Å². The molecule has 0 aliphatic heterocycles. The Balaban J connectivity index is 1.51. The van der Waals surface area contributed by atoms with Crippen LogP contribution in [0.3, 0.4) is 0 Å². The molecule has 1 aliphatic rings. The van der Waals surface area contributed by atoms with Gasteiger partial charge in [-0.15, -0.1) is 0 Å². The Morgan fingerprint density at radius 3 is 2.78 bits per heavy atom. The second kappa shape index (κ2) is 7.05. The average Bonchev–Trinajstić information content (AvgIpc) is 2.58. The number of amides is 1. The molecule has 2 aromatic carbocycles. The summed E-state index contributed by atoms with van der Waals surface area (Å²) in [5.41, 5.74) is 6.04. The minimum absolute atomic E-state index is 0.198. The number of rotatable bonds is 4. The molecule has 0 heterocycles. The Hall–Kier alpha value is -2.69. The van der Waals surface area contributed by atoms with E-state index in [9.17, 15) is 9.18 Å². The summed E-state index contributed by atoms with van der Waals surface area (Å²) in [6.45, 7) is -0.198. The van der Waals surface area contributed by atoms with Gasteiger partial charge in [-0.3, -0.25) is 4.79 Å². The monoisotopic (exact) mass is 312 g/mol. The van der Waals surface area contributed by atoms with Crippen LogP contribution >= 0.6 is 0 Å². The zero-order chi connectivity index (χ0) is 16.1. The van der Waals surface area contributed by atoms with Gasteiger partial charge in [0.1, 0.15) is 11.6 Å². The van der Waals surface area contributed by atoms with Gasteiger partial charge in [0.15, 0.2) is 6.61 Å². The SMILES string of the molecule is O=C(COc1cccc(F)c1)N/N=C1/CCc2ccccc2C1. The molecule has 1 aliphatic carbocycles. The van der Waals surface area contributed by atoms with E-state index in [0.717, 1.165) is 25.0 Å². The molecular formula is C18H17FN2O2. The average molecular weight is 312 g/mol. The third-order valence-electron chi connectivity index (χ3n) is 3.70. The summed E-state index contributed by atoms with van der Waals surface area (Å²) in [6, 6.07) is 13.9. The fourth-order valence-electron chi connectivity index (χ4n) is 2.54. The van der Waals surface area contributed by atoms with Crippen LogP contribution in [0.15, 0.2) is 53.6 Å². The summed E-state index contributed by atoms with van der Waals surface area (Å²) in [5.74, 6) is -0.441. The highest BCUT2D eigenvalue weighted by Crippen LogP contribution is 2.19. The number of nitrogens with one attached hydrogen (secondary N) is 1. The van der Waals surface area contributed by atoms with Crippen LogP contribution < -0.4 is 10.2 Å². The second-order valence-electron chi connectivity index (χ2n) is 5.40. The van der Waals surface area contributed by atoms with E-state index in [1.165, 1.54) is 29.3 Å². The Labute approximate surface area is 134 Å². The molecule has 23 heavy (non-hydrogen) atoms. The number of fused-ring (bicyclic) bond motifs is 1. The lowest BCUT2D eigenvalue weighted by Gasteiger charge is -2.17. The van der Waals surface area contributed by atoms with Crippen LogP contribution in [0.25, 0.3) is 0 Å². The molecule has 1 N–H and O–H groups in total. The van der Waals surface area contributed by atoms with Gasteiger partial charge < -0.3 is 4.74 Å². The van der Waals surface area contributed by atoms with Gasteiger partial charge in [-0.25, -0.2) is 9.82 Å². The van der Waals surface area contributed by atoms with Crippen molar-refractivity contribution in [3.8, 4) is 5.75 Å². The Bertz CT molecular complexity index is 743. The van der Waals surface area contributed by atoms with E-state index in [1.807, 2.05) is 12.1 Å². The highest BCUT2D eigenvalue weighted by atomic mass is 19.1. The quantitative estimate of drug-likeness (QED) is 0.883. The molecule has 5 heteroatoms. The van der Waals surface area contributed by atoms with Crippen LogP contribution in [0, 0.1) is 5.82 Å². The van der Waals surface area contributed by atoms with Crippen molar-refractivity contribution in [3.63, 3.8) is 0 Å². The van der Waals surface area contributed by atoms with E-state index in [4.69, 9.17) is 4.74 Å². The van der Waals surface area contributed by atoms with Gasteiger partial charge in [0.25, 0.3) is 5.91 Å². The Kier molecular flexibility index (Phi) is 4.66. The number of nitrogens with zero attached hydrogens (tertiary/aromatic N) is 1. The molecule has 0 unspecified atom stereocenters. The molecule has 0 saturated heterocycles. The number of benzene rings is 2. The van der Waals surface area contributed by atoms with Crippen molar-refractivity contribution in [3.05, 3.63) is 65.5 Å². The Morgan fingerprint density at radius 1 is 1.13 bits per heavy atom. The van der Waals surface area contributed by atoms with Gasteiger partial charge in [-0.05, 0) is 36.1 Å². The Morgan fingerprint density at radius 2 is 1.96 bits per heavy atom. The summed E-state index contributed by atoms with van der Waals surface area (Å²) >= 11 is 0. The van der Waals surface area contributed by atoms with E-state index in [1.54, 1.807) is 6.07 Å². The number of aryl methyl sites for hydroxylation is 1. The van der Waals surface area contributed by atoms with Crippen molar-refractivity contribution in [2.45, 2.75) is 19.3 Å². The molecule has 2 aromatic rings. The highest BCUT2D eigenvalue weighted by Gasteiger charge is 2.13. The first-order valence-corrected chi connectivity index (χ1v) is 7.50. The van der Waals surface area contributed by atoms with E-state index in [0.29, 0.717) is 5.75 Å². The molecule has 0 bridgehead atoms. The molecular weight excluding hydrogens is 295 g/mol. The molecule has 0 atom stereocenters. The summed E-state index contributed by atoms with van der Waals surface area (Å²) in [5, 5.41) is 4.17. The van der Waals surface area contributed by atoms with Crippen molar-refractivity contribution < 1.29 is 13.9 Å². The van der Waals surface area contributed by atoms with Crippen LogP contribution in [0.5, 0.6) is 5.75 Å². The van der Waals surface area contributed by atoms with Crippen LogP contribution in [-0.4, -0.2) is 18.2 Å². The van der Waals surface area contributed by atoms with Crippen molar-refractivity contribution in [1.82, 2.24) is 5.43 Å². The molecule has 118 valence electrons. The molecule has 0 saturated carbocycles. The fraction of sp³-hybridized carbons (Fsp3) is 0.222. The van der Waals surface area contributed by atoms with Crippen molar-refractivity contribution in [2.75, 3.05) is 6.61 Å². The van der Waals surface area contributed by atoms with Crippen LogP contribution in [0.2, 0.25) is 0 Å². The zero-order valence-corrected chi connectivity index (χ0v) is 12.6. The van der Waals surface area contributed by atoms with E-state index in [-0.39, 0.29) is 12.5 Å². The first-order chi connectivity index (χ1) is 11.2.